The maximum absolute atomic E-state index is 12.7. The van der Waals surface area contributed by atoms with Crippen LogP contribution in [0, 0.1) is 6.92 Å². The van der Waals surface area contributed by atoms with Crippen molar-refractivity contribution in [2.24, 2.45) is 0 Å². The second-order valence-corrected chi connectivity index (χ2v) is 7.55. The zero-order valence-corrected chi connectivity index (χ0v) is 17.9. The molecule has 0 amide bonds. The Morgan fingerprint density at radius 2 is 1.84 bits per heavy atom. The summed E-state index contributed by atoms with van der Waals surface area (Å²) in [5.74, 6) is 0.0677. The second kappa shape index (κ2) is 8.54. The van der Waals surface area contributed by atoms with Gasteiger partial charge >= 0.3 is 5.69 Å². The van der Waals surface area contributed by atoms with E-state index in [9.17, 15) is 14.4 Å². The Hall–Kier alpha value is -4.14. The van der Waals surface area contributed by atoms with Gasteiger partial charge in [-0.1, -0.05) is 36.4 Å². The summed E-state index contributed by atoms with van der Waals surface area (Å²) < 4.78 is 2.82. The number of anilines is 2. The number of aromatic nitrogens is 4. The molecule has 9 nitrogen and oxygen atoms in total. The highest BCUT2D eigenvalue weighted by atomic mass is 16.2. The SMILES string of the molecule is CCN(Cc1cc(=O)n2cccc(C)c2n1)c1c(N)n(Cc2ccccc2)c(=O)[nH]c1=O. The summed E-state index contributed by atoms with van der Waals surface area (Å²) in [6, 6.07) is 14.5. The van der Waals surface area contributed by atoms with Crippen LogP contribution in [0.1, 0.15) is 23.7 Å². The molecule has 32 heavy (non-hydrogen) atoms. The van der Waals surface area contributed by atoms with Gasteiger partial charge in [-0.2, -0.15) is 0 Å². The van der Waals surface area contributed by atoms with Crippen LogP contribution in [0.5, 0.6) is 0 Å². The molecule has 0 radical (unpaired) electrons. The van der Waals surface area contributed by atoms with E-state index in [0.29, 0.717) is 17.9 Å². The van der Waals surface area contributed by atoms with Crippen molar-refractivity contribution in [3.05, 3.63) is 103 Å². The van der Waals surface area contributed by atoms with Crippen molar-refractivity contribution in [2.45, 2.75) is 26.9 Å². The number of hydrogen-bond donors (Lipinski definition) is 2. The van der Waals surface area contributed by atoms with E-state index < -0.39 is 11.2 Å². The number of aromatic amines is 1. The van der Waals surface area contributed by atoms with Gasteiger partial charge in [0.15, 0.2) is 0 Å². The van der Waals surface area contributed by atoms with Gasteiger partial charge in [-0.15, -0.1) is 0 Å². The average molecular weight is 432 g/mol. The van der Waals surface area contributed by atoms with Crippen molar-refractivity contribution < 1.29 is 0 Å². The number of benzene rings is 1. The molecule has 9 heteroatoms. The van der Waals surface area contributed by atoms with Gasteiger partial charge in [0.2, 0.25) is 0 Å². The van der Waals surface area contributed by atoms with Crippen molar-refractivity contribution >= 4 is 17.2 Å². The minimum Gasteiger partial charge on any atom is -0.383 e. The predicted molar refractivity (Wildman–Crippen MR) is 124 cm³/mol. The Morgan fingerprint density at radius 3 is 2.56 bits per heavy atom. The lowest BCUT2D eigenvalue weighted by molar-refractivity contribution is 0.715. The Bertz CT molecular complexity index is 1450. The monoisotopic (exact) mass is 432 g/mol. The Morgan fingerprint density at radius 1 is 1.09 bits per heavy atom. The molecule has 3 N–H and O–H groups in total. The summed E-state index contributed by atoms with van der Waals surface area (Å²) in [5, 5.41) is 0. The van der Waals surface area contributed by atoms with Crippen LogP contribution in [0.15, 0.2) is 69.1 Å². The second-order valence-electron chi connectivity index (χ2n) is 7.55. The normalized spacial score (nSPS) is 11.1. The summed E-state index contributed by atoms with van der Waals surface area (Å²) in [4.78, 5) is 46.4. The lowest BCUT2D eigenvalue weighted by Gasteiger charge is -2.24. The highest BCUT2D eigenvalue weighted by molar-refractivity contribution is 5.62. The number of pyridine rings is 1. The van der Waals surface area contributed by atoms with Crippen LogP contribution in [0.25, 0.3) is 5.65 Å². The van der Waals surface area contributed by atoms with Gasteiger partial charge in [-0.05, 0) is 31.0 Å². The molecule has 0 atom stereocenters. The van der Waals surface area contributed by atoms with Gasteiger partial charge in [0.1, 0.15) is 17.2 Å². The number of fused-ring (bicyclic) bond motifs is 1. The number of nitrogens with two attached hydrogens (primary N) is 1. The number of aryl methyl sites for hydroxylation is 1. The fraction of sp³-hybridized carbons (Fsp3) is 0.217. The molecule has 3 aromatic heterocycles. The fourth-order valence-corrected chi connectivity index (χ4v) is 3.74. The molecule has 4 rings (SSSR count). The maximum Gasteiger partial charge on any atom is 0.330 e. The quantitative estimate of drug-likeness (QED) is 0.477. The number of hydrogen-bond acceptors (Lipinski definition) is 6. The van der Waals surface area contributed by atoms with Crippen LogP contribution < -0.4 is 27.4 Å². The molecule has 0 unspecified atom stereocenters. The van der Waals surface area contributed by atoms with Crippen molar-refractivity contribution in [3.63, 3.8) is 0 Å². The van der Waals surface area contributed by atoms with E-state index in [0.717, 1.165) is 11.1 Å². The van der Waals surface area contributed by atoms with E-state index in [2.05, 4.69) is 9.97 Å². The maximum atomic E-state index is 12.7. The molecular weight excluding hydrogens is 408 g/mol. The lowest BCUT2D eigenvalue weighted by atomic mass is 10.2. The first-order valence-corrected chi connectivity index (χ1v) is 10.3. The standard InChI is InChI=1S/C23H24N6O3/c1-3-27(14-17-12-18(30)28-11-7-8-15(2)21(28)25-17)19-20(24)29(23(32)26-22(19)31)13-16-9-5-4-6-10-16/h4-12H,3,13-14,24H2,1-2H3,(H,26,31,32). The Labute approximate surface area is 183 Å². The zero-order chi connectivity index (χ0) is 22.8. The highest BCUT2D eigenvalue weighted by Gasteiger charge is 2.19. The predicted octanol–water partition coefficient (Wildman–Crippen LogP) is 1.51. The molecule has 0 aliphatic carbocycles. The summed E-state index contributed by atoms with van der Waals surface area (Å²) in [7, 11) is 0. The van der Waals surface area contributed by atoms with Crippen LogP contribution in [0.3, 0.4) is 0 Å². The molecule has 0 saturated heterocycles. The summed E-state index contributed by atoms with van der Waals surface area (Å²) in [6.07, 6.45) is 1.67. The van der Waals surface area contributed by atoms with E-state index >= 15 is 0 Å². The highest BCUT2D eigenvalue weighted by Crippen LogP contribution is 2.19. The number of rotatable bonds is 6. The molecular formula is C23H24N6O3. The molecule has 0 bridgehead atoms. The third kappa shape index (κ3) is 3.92. The first-order chi connectivity index (χ1) is 15.4. The van der Waals surface area contributed by atoms with Crippen LogP contribution in [0.2, 0.25) is 0 Å². The molecule has 0 aliphatic heterocycles. The fourth-order valence-electron chi connectivity index (χ4n) is 3.74. The van der Waals surface area contributed by atoms with Crippen molar-refractivity contribution in [1.29, 1.82) is 0 Å². The summed E-state index contributed by atoms with van der Waals surface area (Å²) in [5.41, 5.74) is 7.94. The minimum atomic E-state index is -0.577. The van der Waals surface area contributed by atoms with Crippen molar-refractivity contribution in [3.8, 4) is 0 Å². The topological polar surface area (TPSA) is 118 Å². The van der Waals surface area contributed by atoms with Crippen LogP contribution in [-0.4, -0.2) is 25.5 Å². The van der Waals surface area contributed by atoms with Crippen molar-refractivity contribution in [2.75, 3.05) is 17.2 Å². The summed E-state index contributed by atoms with van der Waals surface area (Å²) >= 11 is 0. The van der Waals surface area contributed by atoms with Crippen molar-refractivity contribution in [1.82, 2.24) is 18.9 Å². The molecule has 1 aromatic carbocycles. The van der Waals surface area contributed by atoms with E-state index in [1.165, 1.54) is 15.0 Å². The number of nitrogens with one attached hydrogen (secondary N) is 1. The van der Waals surface area contributed by atoms with Gasteiger partial charge in [0.05, 0.1) is 18.8 Å². The van der Waals surface area contributed by atoms with E-state index in [4.69, 9.17) is 5.73 Å². The molecule has 3 heterocycles. The minimum absolute atomic E-state index is 0.0677. The largest absolute Gasteiger partial charge is 0.383 e. The lowest BCUT2D eigenvalue weighted by Crippen LogP contribution is -2.38. The summed E-state index contributed by atoms with van der Waals surface area (Å²) in [6.45, 7) is 4.58. The van der Waals surface area contributed by atoms with Gasteiger partial charge in [0.25, 0.3) is 11.1 Å². The molecule has 0 fully saturated rings. The molecule has 164 valence electrons. The zero-order valence-electron chi connectivity index (χ0n) is 17.9. The molecule has 0 saturated carbocycles. The van der Waals surface area contributed by atoms with Crippen LogP contribution >= 0.6 is 0 Å². The third-order valence-electron chi connectivity index (χ3n) is 5.39. The molecule has 4 aromatic rings. The van der Waals surface area contributed by atoms with E-state index in [1.54, 1.807) is 17.2 Å². The molecule has 0 aliphatic rings. The average Bonchev–Trinajstić information content (AvgIpc) is 2.77. The third-order valence-corrected chi connectivity index (χ3v) is 5.39. The first kappa shape index (κ1) is 21.1. The van der Waals surface area contributed by atoms with Gasteiger partial charge in [0, 0.05) is 18.8 Å². The van der Waals surface area contributed by atoms with Gasteiger partial charge in [-0.25, -0.2) is 9.78 Å². The van der Waals surface area contributed by atoms with E-state index in [-0.39, 0.29) is 30.2 Å². The number of H-pyrrole nitrogens is 1. The first-order valence-electron chi connectivity index (χ1n) is 10.3. The van der Waals surface area contributed by atoms with Gasteiger partial charge in [-0.3, -0.25) is 23.5 Å². The number of nitrogens with zero attached hydrogens (tertiary/aromatic N) is 4. The van der Waals surface area contributed by atoms with Crippen LogP contribution in [0.4, 0.5) is 11.5 Å². The smallest absolute Gasteiger partial charge is 0.330 e. The van der Waals surface area contributed by atoms with Crippen LogP contribution in [-0.2, 0) is 13.1 Å². The van der Waals surface area contributed by atoms with E-state index in [1.807, 2.05) is 50.2 Å². The number of nitrogen functional groups attached to an aromatic ring is 1. The molecule has 0 spiro atoms. The Balaban J connectivity index is 1.77. The Kier molecular flexibility index (Phi) is 5.63. The van der Waals surface area contributed by atoms with Gasteiger partial charge < -0.3 is 10.6 Å².